The number of piperidine rings is 1. The Morgan fingerprint density at radius 2 is 1.81 bits per heavy atom. The molecule has 1 atom stereocenters. The van der Waals surface area contributed by atoms with Gasteiger partial charge in [-0.2, -0.15) is 17.0 Å². The van der Waals surface area contributed by atoms with E-state index in [0.717, 1.165) is 4.31 Å². The summed E-state index contributed by atoms with van der Waals surface area (Å²) in [7, 11) is -3.84. The number of carbonyl (C=O) groups excluding carboxylic acids is 1. The third-order valence-electron chi connectivity index (χ3n) is 3.83. The molecule has 2 aliphatic rings. The predicted octanol–water partition coefficient (Wildman–Crippen LogP) is -1.79. The molecular weight excluding hydrogens is 302 g/mol. The van der Waals surface area contributed by atoms with Gasteiger partial charge in [-0.3, -0.25) is 9.59 Å². The molecule has 0 aromatic carbocycles. The maximum Gasteiger partial charge on any atom is 0.306 e. The van der Waals surface area contributed by atoms with Gasteiger partial charge >= 0.3 is 5.97 Å². The zero-order chi connectivity index (χ0) is 15.6. The third kappa shape index (κ3) is 3.34. The first-order valence-corrected chi connectivity index (χ1v) is 8.10. The highest BCUT2D eigenvalue weighted by Crippen LogP contribution is 2.23. The van der Waals surface area contributed by atoms with Crippen LogP contribution in [0.3, 0.4) is 0 Å². The number of rotatable bonds is 4. The molecule has 2 aliphatic heterocycles. The maximum absolute atomic E-state index is 12.6. The number of carboxylic acids is 1. The zero-order valence-corrected chi connectivity index (χ0v) is 12.3. The molecule has 21 heavy (non-hydrogen) atoms. The van der Waals surface area contributed by atoms with Gasteiger partial charge in [0.05, 0.1) is 19.1 Å². The lowest BCUT2D eigenvalue weighted by Gasteiger charge is -2.38. The van der Waals surface area contributed by atoms with E-state index in [9.17, 15) is 18.0 Å². The van der Waals surface area contributed by atoms with Crippen LogP contribution in [0.25, 0.3) is 0 Å². The molecule has 3 N–H and O–H groups in total. The Balaban J connectivity index is 2.10. The van der Waals surface area contributed by atoms with Gasteiger partial charge in [-0.1, -0.05) is 0 Å². The Morgan fingerprint density at radius 1 is 1.19 bits per heavy atom. The largest absolute Gasteiger partial charge is 0.481 e. The van der Waals surface area contributed by atoms with E-state index in [4.69, 9.17) is 15.6 Å². The van der Waals surface area contributed by atoms with Crippen molar-refractivity contribution in [1.29, 1.82) is 0 Å². The first-order valence-electron chi connectivity index (χ1n) is 6.71. The summed E-state index contributed by atoms with van der Waals surface area (Å²) in [5.41, 5.74) is 5.22. The fourth-order valence-electron chi connectivity index (χ4n) is 2.57. The minimum absolute atomic E-state index is 0.0554. The summed E-state index contributed by atoms with van der Waals surface area (Å²) >= 11 is 0. The maximum atomic E-state index is 12.6. The molecule has 2 rings (SSSR count). The Labute approximate surface area is 122 Å². The van der Waals surface area contributed by atoms with Gasteiger partial charge in [0, 0.05) is 19.6 Å². The summed E-state index contributed by atoms with van der Waals surface area (Å²) < 4.78 is 32.5. The fraction of sp³-hybridized carbons (Fsp3) is 0.818. The molecule has 2 fully saturated rings. The second kappa shape index (κ2) is 6.26. The Kier molecular flexibility index (Phi) is 4.81. The summed E-state index contributed by atoms with van der Waals surface area (Å²) in [4.78, 5) is 22.3. The first kappa shape index (κ1) is 16.1. The van der Waals surface area contributed by atoms with Gasteiger partial charge in [0.2, 0.25) is 5.91 Å². The first-order chi connectivity index (χ1) is 9.84. The van der Waals surface area contributed by atoms with Crippen molar-refractivity contribution in [1.82, 2.24) is 8.61 Å². The van der Waals surface area contributed by atoms with Gasteiger partial charge in [0.15, 0.2) is 0 Å². The van der Waals surface area contributed by atoms with Crippen LogP contribution in [0, 0.1) is 5.92 Å². The SMILES string of the molecule is NC(=O)C1COCCN1S(=O)(=O)N1CCC(C(=O)O)CC1. The normalized spacial score (nSPS) is 26.6. The molecule has 0 saturated carbocycles. The van der Waals surface area contributed by atoms with E-state index in [1.165, 1.54) is 4.31 Å². The van der Waals surface area contributed by atoms with E-state index >= 15 is 0 Å². The van der Waals surface area contributed by atoms with E-state index < -0.39 is 34.0 Å². The van der Waals surface area contributed by atoms with Crippen LogP contribution in [0.5, 0.6) is 0 Å². The molecule has 0 radical (unpaired) electrons. The van der Waals surface area contributed by atoms with Crippen LogP contribution in [0.1, 0.15) is 12.8 Å². The molecule has 0 spiro atoms. The van der Waals surface area contributed by atoms with Crippen molar-refractivity contribution >= 4 is 22.1 Å². The van der Waals surface area contributed by atoms with Crippen molar-refractivity contribution in [2.24, 2.45) is 11.7 Å². The molecule has 120 valence electrons. The minimum Gasteiger partial charge on any atom is -0.481 e. The zero-order valence-electron chi connectivity index (χ0n) is 11.5. The van der Waals surface area contributed by atoms with Gasteiger partial charge in [-0.25, -0.2) is 0 Å². The standard InChI is InChI=1S/C11H19N3O6S/c12-10(15)9-7-20-6-5-14(9)21(18,19)13-3-1-8(2-4-13)11(16)17/h8-9H,1-7H2,(H2,12,15)(H,16,17). The van der Waals surface area contributed by atoms with Crippen LogP contribution in [-0.4, -0.2) is 72.9 Å². The van der Waals surface area contributed by atoms with Crippen molar-refractivity contribution in [3.63, 3.8) is 0 Å². The number of carbonyl (C=O) groups is 2. The van der Waals surface area contributed by atoms with Crippen molar-refractivity contribution in [3.05, 3.63) is 0 Å². The molecule has 0 aliphatic carbocycles. The molecule has 1 unspecified atom stereocenters. The van der Waals surface area contributed by atoms with Crippen LogP contribution in [0.4, 0.5) is 0 Å². The van der Waals surface area contributed by atoms with Crippen molar-refractivity contribution in [3.8, 4) is 0 Å². The number of amides is 1. The average Bonchev–Trinajstić information content (AvgIpc) is 2.47. The Bertz CT molecular complexity index is 514. The van der Waals surface area contributed by atoms with Gasteiger partial charge in [-0.15, -0.1) is 0 Å². The van der Waals surface area contributed by atoms with E-state index in [-0.39, 0.29) is 45.7 Å². The quantitative estimate of drug-likeness (QED) is 0.629. The molecule has 2 saturated heterocycles. The molecule has 0 aromatic rings. The second-order valence-electron chi connectivity index (χ2n) is 5.12. The van der Waals surface area contributed by atoms with Gasteiger partial charge in [0.1, 0.15) is 6.04 Å². The molecule has 0 aromatic heterocycles. The van der Waals surface area contributed by atoms with Crippen molar-refractivity contribution < 1.29 is 27.9 Å². The van der Waals surface area contributed by atoms with Crippen LogP contribution in [-0.2, 0) is 24.5 Å². The lowest BCUT2D eigenvalue weighted by atomic mass is 9.99. The van der Waals surface area contributed by atoms with E-state index in [0.29, 0.717) is 0 Å². The monoisotopic (exact) mass is 321 g/mol. The minimum atomic E-state index is -3.84. The van der Waals surface area contributed by atoms with Gasteiger partial charge in [-0.05, 0) is 12.8 Å². The highest BCUT2D eigenvalue weighted by Gasteiger charge is 2.41. The van der Waals surface area contributed by atoms with Crippen LogP contribution in [0.15, 0.2) is 0 Å². The number of nitrogens with two attached hydrogens (primary N) is 1. The average molecular weight is 321 g/mol. The number of nitrogens with zero attached hydrogens (tertiary/aromatic N) is 2. The summed E-state index contributed by atoms with van der Waals surface area (Å²) in [6.45, 7) is 0.466. The molecule has 1 amide bonds. The number of primary amides is 1. The third-order valence-corrected chi connectivity index (χ3v) is 5.88. The van der Waals surface area contributed by atoms with E-state index in [1.807, 2.05) is 0 Å². The number of morpholine rings is 1. The van der Waals surface area contributed by atoms with Crippen LogP contribution >= 0.6 is 0 Å². The highest BCUT2D eigenvalue weighted by atomic mass is 32.2. The van der Waals surface area contributed by atoms with Crippen molar-refractivity contribution in [2.75, 3.05) is 32.8 Å². The number of carboxylic acid groups (broad SMARTS) is 1. The second-order valence-corrected chi connectivity index (χ2v) is 7.00. The smallest absolute Gasteiger partial charge is 0.306 e. The highest BCUT2D eigenvalue weighted by molar-refractivity contribution is 7.86. The molecule has 10 heteroatoms. The Morgan fingerprint density at radius 3 is 2.33 bits per heavy atom. The van der Waals surface area contributed by atoms with Gasteiger partial charge < -0.3 is 15.6 Å². The van der Waals surface area contributed by atoms with E-state index in [1.54, 1.807) is 0 Å². The van der Waals surface area contributed by atoms with Crippen molar-refractivity contribution in [2.45, 2.75) is 18.9 Å². The molecule has 9 nitrogen and oxygen atoms in total. The molecule has 0 bridgehead atoms. The number of ether oxygens (including phenoxy) is 1. The Hall–Kier alpha value is -1.23. The number of hydrogen-bond donors (Lipinski definition) is 2. The van der Waals surface area contributed by atoms with Crippen LogP contribution in [0.2, 0.25) is 0 Å². The summed E-state index contributed by atoms with van der Waals surface area (Å²) in [6.07, 6.45) is 0.528. The molecule has 2 heterocycles. The predicted molar refractivity (Wildman–Crippen MR) is 71.4 cm³/mol. The molecular formula is C11H19N3O6S. The lowest BCUT2D eigenvalue weighted by molar-refractivity contribution is -0.142. The van der Waals surface area contributed by atoms with E-state index in [2.05, 4.69) is 0 Å². The number of hydrogen-bond acceptors (Lipinski definition) is 5. The number of aliphatic carboxylic acids is 1. The fourth-order valence-corrected chi connectivity index (χ4v) is 4.33. The summed E-state index contributed by atoms with van der Waals surface area (Å²) in [6, 6.07) is -1.01. The van der Waals surface area contributed by atoms with Crippen LogP contribution < -0.4 is 5.73 Å². The van der Waals surface area contributed by atoms with Gasteiger partial charge in [0.25, 0.3) is 10.2 Å². The topological polar surface area (TPSA) is 130 Å². The summed E-state index contributed by atoms with van der Waals surface area (Å²) in [5.74, 6) is -2.18. The summed E-state index contributed by atoms with van der Waals surface area (Å²) in [5, 5.41) is 8.93. The lowest BCUT2D eigenvalue weighted by Crippen LogP contribution is -2.59.